The number of aryl methyl sites for hydroxylation is 3. The third kappa shape index (κ3) is 3.04. The van der Waals surface area contributed by atoms with Crippen LogP contribution in [0.3, 0.4) is 0 Å². The Labute approximate surface area is 164 Å². The Balaban J connectivity index is 1.90. The Bertz CT molecular complexity index is 1160. The minimum absolute atomic E-state index is 0.219. The van der Waals surface area contributed by atoms with Crippen molar-refractivity contribution in [1.29, 1.82) is 0 Å². The minimum Gasteiger partial charge on any atom is -0.301 e. The second-order valence-corrected chi connectivity index (χ2v) is 8.70. The lowest BCUT2D eigenvalue weighted by Gasteiger charge is -2.26. The summed E-state index contributed by atoms with van der Waals surface area (Å²) >= 11 is 1.73. The fourth-order valence-corrected chi connectivity index (χ4v) is 4.87. The van der Waals surface area contributed by atoms with Gasteiger partial charge in [-0.1, -0.05) is 43.0 Å². The summed E-state index contributed by atoms with van der Waals surface area (Å²) in [6, 6.07) is 11.2. The Morgan fingerprint density at radius 1 is 1.22 bits per heavy atom. The fourth-order valence-electron chi connectivity index (χ4n) is 3.91. The highest BCUT2D eigenvalue weighted by Crippen LogP contribution is 2.34. The maximum Gasteiger partial charge on any atom is 0.124 e. The van der Waals surface area contributed by atoms with Gasteiger partial charge in [0, 0.05) is 33.3 Å². The molecule has 4 heteroatoms. The Hall–Kier alpha value is -2.59. The van der Waals surface area contributed by atoms with Crippen molar-refractivity contribution in [3.8, 4) is 0 Å². The van der Waals surface area contributed by atoms with Gasteiger partial charge in [-0.25, -0.2) is 4.98 Å². The Kier molecular flexibility index (Phi) is 4.31. The summed E-state index contributed by atoms with van der Waals surface area (Å²) in [6.07, 6.45) is 0.885. The van der Waals surface area contributed by atoms with Crippen LogP contribution in [0.4, 0.5) is 0 Å². The molecule has 27 heavy (non-hydrogen) atoms. The molecule has 3 aromatic rings. The van der Waals surface area contributed by atoms with Crippen LogP contribution in [-0.2, 0) is 0 Å². The van der Waals surface area contributed by atoms with E-state index in [1.165, 1.54) is 32.7 Å². The van der Waals surface area contributed by atoms with Crippen molar-refractivity contribution >= 4 is 33.8 Å². The van der Waals surface area contributed by atoms with Crippen molar-refractivity contribution in [2.45, 2.75) is 40.2 Å². The third-order valence-electron chi connectivity index (χ3n) is 5.28. The molecule has 1 aliphatic heterocycles. The number of hydrogen-bond donors (Lipinski definition) is 1. The molecule has 0 radical (unpaired) electrons. The van der Waals surface area contributed by atoms with E-state index in [2.05, 4.69) is 74.7 Å². The highest BCUT2D eigenvalue weighted by Gasteiger charge is 2.29. The summed E-state index contributed by atoms with van der Waals surface area (Å²) in [5, 5.41) is 5.38. The van der Waals surface area contributed by atoms with E-state index in [-0.39, 0.29) is 6.04 Å². The molecule has 1 aliphatic rings. The molecular weight excluding hydrogens is 350 g/mol. The van der Waals surface area contributed by atoms with Gasteiger partial charge in [0.05, 0.1) is 11.4 Å². The van der Waals surface area contributed by atoms with E-state index >= 15 is 0 Å². The standard InChI is InChI=1S/C23H25N3S/c1-13(2)26-21(18-9-7-14(3)8-10-18)12-20(25-26)22-16(5)19-11-15(4)27-23(19)24-17(22)6/h7-11,21,25H,1,6,12H2,2-5H3. The Morgan fingerprint density at radius 2 is 1.93 bits per heavy atom. The van der Waals surface area contributed by atoms with Crippen LogP contribution in [0, 0.1) is 20.8 Å². The van der Waals surface area contributed by atoms with Crippen molar-refractivity contribution in [2.75, 3.05) is 0 Å². The van der Waals surface area contributed by atoms with Gasteiger partial charge >= 0.3 is 0 Å². The molecule has 0 spiro atoms. The second kappa shape index (κ2) is 6.54. The molecule has 3 nitrogen and oxygen atoms in total. The molecular formula is C23H25N3S. The van der Waals surface area contributed by atoms with Crippen LogP contribution in [0.5, 0.6) is 0 Å². The van der Waals surface area contributed by atoms with E-state index in [0.717, 1.165) is 27.5 Å². The quantitative estimate of drug-likeness (QED) is 0.727. The predicted octanol–water partition coefficient (Wildman–Crippen LogP) is 4.23. The van der Waals surface area contributed by atoms with Crippen LogP contribution >= 0.6 is 11.3 Å². The van der Waals surface area contributed by atoms with Gasteiger partial charge in [0.2, 0.25) is 0 Å². The minimum atomic E-state index is 0.219. The molecule has 1 unspecified atom stereocenters. The average Bonchev–Trinajstić information content (AvgIpc) is 3.19. The van der Waals surface area contributed by atoms with E-state index in [4.69, 9.17) is 4.98 Å². The van der Waals surface area contributed by atoms with Crippen molar-refractivity contribution in [1.82, 2.24) is 15.4 Å². The normalized spacial score (nSPS) is 18.8. The first-order chi connectivity index (χ1) is 12.8. The zero-order chi connectivity index (χ0) is 19.3. The van der Waals surface area contributed by atoms with Crippen LogP contribution in [0.2, 0.25) is 0 Å². The first-order valence-corrected chi connectivity index (χ1v) is 10.0. The lowest BCUT2D eigenvalue weighted by atomic mass is 10.00. The molecule has 1 fully saturated rings. The molecule has 3 heterocycles. The summed E-state index contributed by atoms with van der Waals surface area (Å²) in [4.78, 5) is 7.14. The smallest absolute Gasteiger partial charge is 0.124 e. The van der Waals surface area contributed by atoms with Gasteiger partial charge in [-0.05, 0) is 44.9 Å². The molecule has 0 aliphatic carbocycles. The molecule has 1 saturated heterocycles. The molecule has 0 bridgehead atoms. The SMILES string of the molecule is C=C(C)N1NC(=c2c(C)c3cc(C)sc3nc2=C)CC1c1ccc(C)cc1. The highest BCUT2D eigenvalue weighted by molar-refractivity contribution is 7.18. The van der Waals surface area contributed by atoms with Crippen LogP contribution in [0.1, 0.15) is 41.0 Å². The van der Waals surface area contributed by atoms with Gasteiger partial charge in [-0.3, -0.25) is 5.01 Å². The van der Waals surface area contributed by atoms with Crippen LogP contribution < -0.4 is 16.0 Å². The van der Waals surface area contributed by atoms with Crippen molar-refractivity contribution in [3.05, 3.63) is 74.7 Å². The molecule has 1 atom stereocenters. The van der Waals surface area contributed by atoms with Gasteiger partial charge in [-0.2, -0.15) is 0 Å². The van der Waals surface area contributed by atoms with Crippen molar-refractivity contribution in [2.24, 2.45) is 0 Å². The first-order valence-electron chi connectivity index (χ1n) is 9.22. The zero-order valence-corrected chi connectivity index (χ0v) is 17.2. The van der Waals surface area contributed by atoms with Crippen molar-refractivity contribution < 1.29 is 0 Å². The number of allylic oxidation sites excluding steroid dienone is 1. The number of pyridine rings is 1. The largest absolute Gasteiger partial charge is 0.301 e. The average molecular weight is 376 g/mol. The lowest BCUT2D eigenvalue weighted by Crippen LogP contribution is -2.37. The number of fused-ring (bicyclic) bond motifs is 1. The molecule has 1 N–H and O–H groups in total. The van der Waals surface area contributed by atoms with Crippen LogP contribution in [0.25, 0.3) is 22.5 Å². The van der Waals surface area contributed by atoms with E-state index in [1.807, 2.05) is 6.92 Å². The number of hydrazine groups is 1. The van der Waals surface area contributed by atoms with Gasteiger partial charge in [0.1, 0.15) is 4.83 Å². The molecule has 0 saturated carbocycles. The Morgan fingerprint density at radius 3 is 2.59 bits per heavy atom. The number of nitrogens with one attached hydrogen (secondary N) is 1. The summed E-state index contributed by atoms with van der Waals surface area (Å²) < 4.78 is 0. The van der Waals surface area contributed by atoms with Gasteiger partial charge < -0.3 is 5.43 Å². The maximum absolute atomic E-state index is 4.79. The maximum atomic E-state index is 4.79. The molecule has 4 rings (SSSR count). The van der Waals surface area contributed by atoms with Crippen LogP contribution in [-0.4, -0.2) is 9.99 Å². The number of thiophene rings is 1. The number of hydrogen-bond acceptors (Lipinski definition) is 4. The summed E-state index contributed by atoms with van der Waals surface area (Å²) in [5.74, 6) is 0. The summed E-state index contributed by atoms with van der Waals surface area (Å²) in [5.41, 5.74) is 9.58. The monoisotopic (exact) mass is 375 g/mol. The van der Waals surface area contributed by atoms with Gasteiger partial charge in [0.15, 0.2) is 0 Å². The number of benzene rings is 1. The number of nitrogens with zero attached hydrogens (tertiary/aromatic N) is 2. The van der Waals surface area contributed by atoms with Crippen molar-refractivity contribution in [3.63, 3.8) is 0 Å². The van der Waals surface area contributed by atoms with Gasteiger partial charge in [-0.15, -0.1) is 11.3 Å². The van der Waals surface area contributed by atoms with E-state index in [0.29, 0.717) is 0 Å². The highest BCUT2D eigenvalue weighted by atomic mass is 32.1. The third-order valence-corrected chi connectivity index (χ3v) is 6.22. The second-order valence-electron chi connectivity index (χ2n) is 7.46. The lowest BCUT2D eigenvalue weighted by molar-refractivity contribution is 0.261. The topological polar surface area (TPSA) is 28.2 Å². The molecule has 0 amide bonds. The van der Waals surface area contributed by atoms with E-state index in [1.54, 1.807) is 11.3 Å². The van der Waals surface area contributed by atoms with Gasteiger partial charge in [0.25, 0.3) is 0 Å². The predicted molar refractivity (Wildman–Crippen MR) is 116 cm³/mol. The van der Waals surface area contributed by atoms with Crippen LogP contribution in [0.15, 0.2) is 42.6 Å². The molecule has 2 aromatic heterocycles. The van der Waals surface area contributed by atoms with E-state index in [9.17, 15) is 0 Å². The number of aromatic nitrogens is 1. The first kappa shape index (κ1) is 17.8. The fraction of sp³-hybridized carbons (Fsp3) is 0.261. The zero-order valence-electron chi connectivity index (χ0n) is 16.4. The molecule has 138 valence electrons. The molecule has 1 aromatic carbocycles. The number of rotatable bonds is 2. The summed E-state index contributed by atoms with van der Waals surface area (Å²) in [6.45, 7) is 16.9. The van der Waals surface area contributed by atoms with E-state index < -0.39 is 0 Å². The summed E-state index contributed by atoms with van der Waals surface area (Å²) in [7, 11) is 0.